The lowest BCUT2D eigenvalue weighted by Crippen LogP contribution is -2.29. The van der Waals surface area contributed by atoms with E-state index in [0.29, 0.717) is 16.3 Å². The smallest absolute Gasteiger partial charge is 0.262 e. The molecule has 3 rings (SSSR count). The third kappa shape index (κ3) is 3.14. The predicted octanol–water partition coefficient (Wildman–Crippen LogP) is 2.06. The molecular weight excluding hydrogens is 332 g/mol. The number of anilines is 1. The van der Waals surface area contributed by atoms with E-state index in [1.54, 1.807) is 24.3 Å². The molecule has 1 aromatic carbocycles. The first kappa shape index (κ1) is 15.8. The van der Waals surface area contributed by atoms with E-state index in [4.69, 9.17) is 16.3 Å². The van der Waals surface area contributed by atoms with Gasteiger partial charge in [-0.15, -0.1) is 0 Å². The number of aromatic nitrogens is 1. The Hall–Kier alpha value is -3.11. The van der Waals surface area contributed by atoms with Gasteiger partial charge < -0.3 is 15.4 Å². The predicted molar refractivity (Wildman–Crippen MR) is 85.6 cm³/mol. The summed E-state index contributed by atoms with van der Waals surface area (Å²) < 4.78 is 5.13. The number of nitriles is 1. The van der Waals surface area contributed by atoms with Gasteiger partial charge in [-0.2, -0.15) is 5.26 Å². The summed E-state index contributed by atoms with van der Waals surface area (Å²) in [4.78, 5) is 27.7. The summed E-state index contributed by atoms with van der Waals surface area (Å²) in [5.74, 6) is -0.599. The SMILES string of the molecule is N#CC(NC(=O)c1cnc2c(c1)NC(=O)CO2)c1ccccc1Cl. The number of nitrogens with zero attached hydrogens (tertiary/aromatic N) is 2. The Morgan fingerprint density at radius 1 is 1.46 bits per heavy atom. The highest BCUT2D eigenvalue weighted by atomic mass is 35.5. The molecule has 0 radical (unpaired) electrons. The second kappa shape index (κ2) is 6.56. The molecule has 2 heterocycles. The van der Waals surface area contributed by atoms with Crippen LogP contribution in [0.15, 0.2) is 36.5 Å². The molecule has 8 heteroatoms. The summed E-state index contributed by atoms with van der Waals surface area (Å²) >= 11 is 6.06. The van der Waals surface area contributed by atoms with E-state index >= 15 is 0 Å². The van der Waals surface area contributed by atoms with Crippen molar-refractivity contribution in [3.05, 3.63) is 52.7 Å². The number of nitrogens with one attached hydrogen (secondary N) is 2. The van der Waals surface area contributed by atoms with E-state index in [1.165, 1.54) is 12.3 Å². The largest absolute Gasteiger partial charge is 0.466 e. The molecule has 1 aliphatic heterocycles. The molecule has 7 nitrogen and oxygen atoms in total. The average Bonchev–Trinajstić information content (AvgIpc) is 2.59. The van der Waals surface area contributed by atoms with Crippen LogP contribution in [0.25, 0.3) is 0 Å². The Bertz CT molecular complexity index is 863. The van der Waals surface area contributed by atoms with Crippen molar-refractivity contribution in [1.29, 1.82) is 5.26 Å². The van der Waals surface area contributed by atoms with Crippen molar-refractivity contribution in [2.45, 2.75) is 6.04 Å². The van der Waals surface area contributed by atoms with Crippen LogP contribution in [0.4, 0.5) is 5.69 Å². The van der Waals surface area contributed by atoms with Crippen molar-refractivity contribution in [3.8, 4) is 11.9 Å². The second-order valence-electron chi connectivity index (χ2n) is 4.97. The number of benzene rings is 1. The highest BCUT2D eigenvalue weighted by Crippen LogP contribution is 2.26. The molecule has 24 heavy (non-hydrogen) atoms. The maximum Gasteiger partial charge on any atom is 0.262 e. The number of fused-ring (bicyclic) bond motifs is 1. The monoisotopic (exact) mass is 342 g/mol. The van der Waals surface area contributed by atoms with Crippen molar-refractivity contribution >= 4 is 29.1 Å². The van der Waals surface area contributed by atoms with Crippen molar-refractivity contribution in [2.24, 2.45) is 0 Å². The number of carbonyl (C=O) groups excluding carboxylic acids is 2. The van der Waals surface area contributed by atoms with Crippen molar-refractivity contribution in [3.63, 3.8) is 0 Å². The van der Waals surface area contributed by atoms with Gasteiger partial charge in [0.15, 0.2) is 6.61 Å². The maximum absolute atomic E-state index is 12.4. The van der Waals surface area contributed by atoms with E-state index in [-0.39, 0.29) is 24.0 Å². The van der Waals surface area contributed by atoms with E-state index < -0.39 is 11.9 Å². The maximum atomic E-state index is 12.4. The van der Waals surface area contributed by atoms with Gasteiger partial charge in [-0.05, 0) is 12.1 Å². The molecule has 0 bridgehead atoms. The van der Waals surface area contributed by atoms with Gasteiger partial charge in [-0.3, -0.25) is 9.59 Å². The van der Waals surface area contributed by atoms with Crippen molar-refractivity contribution < 1.29 is 14.3 Å². The summed E-state index contributed by atoms with van der Waals surface area (Å²) in [6.45, 7) is -0.117. The third-order valence-electron chi connectivity index (χ3n) is 3.35. The quantitative estimate of drug-likeness (QED) is 0.888. The van der Waals surface area contributed by atoms with Crippen LogP contribution in [0.1, 0.15) is 22.0 Å². The number of hydrogen-bond acceptors (Lipinski definition) is 5. The molecule has 1 aliphatic rings. The fourth-order valence-electron chi connectivity index (χ4n) is 2.20. The molecule has 120 valence electrons. The Kier molecular flexibility index (Phi) is 4.31. The van der Waals surface area contributed by atoms with Crippen LogP contribution >= 0.6 is 11.6 Å². The van der Waals surface area contributed by atoms with Crippen LogP contribution in [0.3, 0.4) is 0 Å². The zero-order chi connectivity index (χ0) is 17.1. The zero-order valence-corrected chi connectivity index (χ0v) is 13.0. The van der Waals surface area contributed by atoms with Gasteiger partial charge in [0, 0.05) is 16.8 Å². The van der Waals surface area contributed by atoms with Gasteiger partial charge in [0.2, 0.25) is 5.88 Å². The van der Waals surface area contributed by atoms with Crippen LogP contribution in [-0.4, -0.2) is 23.4 Å². The fourth-order valence-corrected chi connectivity index (χ4v) is 2.45. The fraction of sp³-hybridized carbons (Fsp3) is 0.125. The van der Waals surface area contributed by atoms with Gasteiger partial charge in [0.25, 0.3) is 11.8 Å². The lowest BCUT2D eigenvalue weighted by Gasteiger charge is -2.18. The summed E-state index contributed by atoms with van der Waals surface area (Å²) in [6.07, 6.45) is 1.31. The molecule has 0 aliphatic carbocycles. The first-order valence-corrected chi connectivity index (χ1v) is 7.34. The van der Waals surface area contributed by atoms with E-state index in [0.717, 1.165) is 0 Å². The first-order chi connectivity index (χ1) is 11.6. The highest BCUT2D eigenvalue weighted by Gasteiger charge is 2.21. The van der Waals surface area contributed by atoms with Crippen LogP contribution in [0.2, 0.25) is 5.02 Å². The number of hydrogen-bond donors (Lipinski definition) is 2. The molecule has 0 saturated heterocycles. The van der Waals surface area contributed by atoms with E-state index in [9.17, 15) is 14.9 Å². The molecule has 1 atom stereocenters. The number of ether oxygens (including phenoxy) is 1. The molecule has 2 aromatic rings. The molecule has 0 saturated carbocycles. The van der Waals surface area contributed by atoms with Crippen LogP contribution in [0.5, 0.6) is 5.88 Å². The molecule has 1 aromatic heterocycles. The van der Waals surface area contributed by atoms with Gasteiger partial charge in [0.1, 0.15) is 11.7 Å². The van der Waals surface area contributed by atoms with Crippen molar-refractivity contribution in [2.75, 3.05) is 11.9 Å². The van der Waals surface area contributed by atoms with Crippen molar-refractivity contribution in [1.82, 2.24) is 10.3 Å². The number of halogens is 1. The molecule has 0 fully saturated rings. The Morgan fingerprint density at radius 2 is 2.25 bits per heavy atom. The summed E-state index contributed by atoms with van der Waals surface area (Å²) in [5, 5.41) is 14.8. The zero-order valence-electron chi connectivity index (χ0n) is 12.2. The second-order valence-corrected chi connectivity index (χ2v) is 5.38. The minimum Gasteiger partial charge on any atom is -0.466 e. The van der Waals surface area contributed by atoms with Gasteiger partial charge >= 0.3 is 0 Å². The molecular formula is C16H11ClN4O3. The molecule has 2 amide bonds. The summed E-state index contributed by atoms with van der Waals surface area (Å²) in [5.41, 5.74) is 0.995. The first-order valence-electron chi connectivity index (χ1n) is 6.96. The Labute approximate surface area is 142 Å². The average molecular weight is 343 g/mol. The molecule has 2 N–H and O–H groups in total. The van der Waals surface area contributed by atoms with Crippen LogP contribution in [-0.2, 0) is 4.79 Å². The Balaban J connectivity index is 1.82. The van der Waals surface area contributed by atoms with E-state index in [2.05, 4.69) is 15.6 Å². The standard InChI is InChI=1S/C16H11ClN4O3/c17-11-4-2-1-3-10(11)13(6-18)21-15(23)9-5-12-16(19-7-9)24-8-14(22)20-12/h1-5,7,13H,8H2,(H,20,22)(H,21,23). The van der Waals surface area contributed by atoms with Gasteiger partial charge in [-0.1, -0.05) is 29.8 Å². The van der Waals surface area contributed by atoms with Crippen LogP contribution in [0, 0.1) is 11.3 Å². The number of amides is 2. The normalized spacial score (nSPS) is 13.8. The Morgan fingerprint density at radius 3 is 3.00 bits per heavy atom. The third-order valence-corrected chi connectivity index (χ3v) is 3.69. The summed E-state index contributed by atoms with van der Waals surface area (Å²) in [6, 6.07) is 9.29. The minimum atomic E-state index is -0.909. The highest BCUT2D eigenvalue weighted by molar-refractivity contribution is 6.31. The van der Waals surface area contributed by atoms with Gasteiger partial charge in [-0.25, -0.2) is 4.98 Å². The lowest BCUT2D eigenvalue weighted by atomic mass is 10.1. The summed E-state index contributed by atoms with van der Waals surface area (Å²) in [7, 11) is 0. The number of carbonyl (C=O) groups is 2. The molecule has 1 unspecified atom stereocenters. The lowest BCUT2D eigenvalue weighted by molar-refractivity contribution is -0.118. The number of rotatable bonds is 3. The van der Waals surface area contributed by atoms with Gasteiger partial charge in [0.05, 0.1) is 11.6 Å². The van der Waals surface area contributed by atoms with Crippen LogP contribution < -0.4 is 15.4 Å². The van der Waals surface area contributed by atoms with E-state index in [1.807, 2.05) is 6.07 Å². The topological polar surface area (TPSA) is 104 Å². The molecule has 0 spiro atoms. The number of pyridine rings is 1. The minimum absolute atomic E-state index is 0.117.